The number of para-hydroxylation sites is 1. The van der Waals surface area contributed by atoms with E-state index < -0.39 is 5.91 Å². The fourth-order valence-corrected chi connectivity index (χ4v) is 3.38. The molecule has 0 saturated carbocycles. The largest absolute Gasteiger partial charge is 0.486 e. The van der Waals surface area contributed by atoms with Gasteiger partial charge in [0, 0.05) is 18.5 Å². The summed E-state index contributed by atoms with van der Waals surface area (Å²) in [5.41, 5.74) is 6.76. The highest BCUT2D eigenvalue weighted by Gasteiger charge is 2.14. The molecule has 4 aromatic rings. The number of aryl methyl sites for hydroxylation is 1. The summed E-state index contributed by atoms with van der Waals surface area (Å²) in [4.78, 5) is 24.6. The van der Waals surface area contributed by atoms with Crippen molar-refractivity contribution in [3.63, 3.8) is 0 Å². The summed E-state index contributed by atoms with van der Waals surface area (Å²) >= 11 is 5.30. The van der Waals surface area contributed by atoms with E-state index >= 15 is 0 Å². The lowest BCUT2D eigenvalue weighted by atomic mass is 10.1. The molecule has 34 heavy (non-hydrogen) atoms. The minimum absolute atomic E-state index is 0.0608. The summed E-state index contributed by atoms with van der Waals surface area (Å²) in [6, 6.07) is 20.3. The highest BCUT2D eigenvalue weighted by atomic mass is 32.1. The van der Waals surface area contributed by atoms with Crippen molar-refractivity contribution in [1.29, 1.82) is 0 Å². The number of H-pyrrole nitrogens is 1. The number of hydrazine groups is 1. The number of benzene rings is 2. The van der Waals surface area contributed by atoms with Gasteiger partial charge in [0.15, 0.2) is 16.4 Å². The SMILES string of the molecule is Cc1ccc(-c2n[nH]c(=S)n2CCC(=O)NNC(=O)c2ccc(COc3ccccc3)o2)cc1. The van der Waals surface area contributed by atoms with E-state index in [0.29, 0.717) is 28.6 Å². The summed E-state index contributed by atoms with van der Waals surface area (Å²) in [5, 5.41) is 7.03. The second kappa shape index (κ2) is 10.6. The maximum atomic E-state index is 12.3. The minimum Gasteiger partial charge on any atom is -0.486 e. The summed E-state index contributed by atoms with van der Waals surface area (Å²) in [7, 11) is 0. The molecule has 10 heteroatoms. The average Bonchev–Trinajstić information content (AvgIpc) is 3.48. The van der Waals surface area contributed by atoms with E-state index in [4.69, 9.17) is 21.4 Å². The van der Waals surface area contributed by atoms with E-state index in [-0.39, 0.29) is 24.7 Å². The monoisotopic (exact) mass is 477 g/mol. The molecule has 2 amide bonds. The third kappa shape index (κ3) is 5.78. The molecular weight excluding hydrogens is 454 g/mol. The number of hydrogen-bond donors (Lipinski definition) is 3. The number of nitrogens with zero attached hydrogens (tertiary/aromatic N) is 2. The van der Waals surface area contributed by atoms with Crippen molar-refractivity contribution >= 4 is 24.0 Å². The summed E-state index contributed by atoms with van der Waals surface area (Å²) in [5.74, 6) is 0.928. The fraction of sp³-hybridized carbons (Fsp3) is 0.167. The number of nitrogens with one attached hydrogen (secondary N) is 3. The van der Waals surface area contributed by atoms with Gasteiger partial charge in [-0.2, -0.15) is 5.10 Å². The van der Waals surface area contributed by atoms with Gasteiger partial charge in [-0.05, 0) is 43.4 Å². The number of ether oxygens (including phenoxy) is 1. The zero-order chi connectivity index (χ0) is 23.9. The van der Waals surface area contributed by atoms with Crippen molar-refractivity contribution in [3.8, 4) is 17.1 Å². The van der Waals surface area contributed by atoms with E-state index in [0.717, 1.165) is 11.1 Å². The van der Waals surface area contributed by atoms with Gasteiger partial charge in [-0.3, -0.25) is 30.1 Å². The Hall–Kier alpha value is -4.18. The Bertz CT molecular complexity index is 1330. The Kier molecular flexibility index (Phi) is 7.19. The molecule has 0 radical (unpaired) electrons. The Morgan fingerprint density at radius 3 is 2.59 bits per heavy atom. The molecule has 2 aromatic carbocycles. The molecule has 0 unspecified atom stereocenters. The van der Waals surface area contributed by atoms with Gasteiger partial charge in [0.2, 0.25) is 5.91 Å². The van der Waals surface area contributed by atoms with Crippen LogP contribution in [0.15, 0.2) is 71.1 Å². The van der Waals surface area contributed by atoms with E-state index in [2.05, 4.69) is 21.0 Å². The Balaban J connectivity index is 1.27. The molecule has 2 heterocycles. The zero-order valence-corrected chi connectivity index (χ0v) is 19.2. The Labute approximate surface area is 200 Å². The lowest BCUT2D eigenvalue weighted by Gasteiger charge is -2.09. The van der Waals surface area contributed by atoms with Crippen LogP contribution in [0.25, 0.3) is 11.4 Å². The van der Waals surface area contributed by atoms with E-state index in [1.165, 1.54) is 6.07 Å². The quantitative estimate of drug-likeness (QED) is 0.262. The number of furan rings is 1. The molecule has 0 spiro atoms. The first kappa shape index (κ1) is 23.0. The van der Waals surface area contributed by atoms with Gasteiger partial charge in [0.1, 0.15) is 18.1 Å². The first-order valence-corrected chi connectivity index (χ1v) is 11.0. The number of hydrogen-bond acceptors (Lipinski definition) is 6. The van der Waals surface area contributed by atoms with Gasteiger partial charge in [-0.15, -0.1) is 0 Å². The van der Waals surface area contributed by atoms with Gasteiger partial charge in [0.25, 0.3) is 0 Å². The Morgan fingerprint density at radius 2 is 1.82 bits per heavy atom. The van der Waals surface area contributed by atoms with Crippen molar-refractivity contribution in [3.05, 3.63) is 88.6 Å². The van der Waals surface area contributed by atoms with Crippen LogP contribution in [0.3, 0.4) is 0 Å². The summed E-state index contributed by atoms with van der Waals surface area (Å²) in [6.45, 7) is 2.47. The smallest absolute Gasteiger partial charge is 0.305 e. The van der Waals surface area contributed by atoms with Crippen LogP contribution >= 0.6 is 12.2 Å². The highest BCUT2D eigenvalue weighted by Crippen LogP contribution is 2.18. The molecule has 4 rings (SSSR count). The van der Waals surface area contributed by atoms with Crippen LogP contribution in [-0.4, -0.2) is 26.6 Å². The predicted molar refractivity (Wildman–Crippen MR) is 127 cm³/mol. The second-order valence-corrected chi connectivity index (χ2v) is 7.88. The molecule has 174 valence electrons. The molecule has 0 aliphatic rings. The molecule has 0 saturated heterocycles. The van der Waals surface area contributed by atoms with Crippen molar-refractivity contribution < 1.29 is 18.7 Å². The third-order valence-electron chi connectivity index (χ3n) is 4.96. The predicted octanol–water partition coefficient (Wildman–Crippen LogP) is 3.94. The van der Waals surface area contributed by atoms with Crippen LogP contribution < -0.4 is 15.6 Å². The number of aromatic nitrogens is 3. The Morgan fingerprint density at radius 1 is 1.06 bits per heavy atom. The van der Waals surface area contributed by atoms with Crippen LogP contribution in [0, 0.1) is 11.7 Å². The van der Waals surface area contributed by atoms with E-state index in [1.807, 2.05) is 61.5 Å². The van der Waals surface area contributed by atoms with Crippen LogP contribution in [-0.2, 0) is 17.9 Å². The zero-order valence-electron chi connectivity index (χ0n) is 18.4. The molecule has 0 bridgehead atoms. The van der Waals surface area contributed by atoms with Crippen molar-refractivity contribution in [2.75, 3.05) is 0 Å². The van der Waals surface area contributed by atoms with Crippen LogP contribution in [0.4, 0.5) is 0 Å². The van der Waals surface area contributed by atoms with Gasteiger partial charge in [-0.25, -0.2) is 0 Å². The normalized spacial score (nSPS) is 10.6. The first-order valence-electron chi connectivity index (χ1n) is 10.6. The molecular formula is C24H23N5O4S. The maximum absolute atomic E-state index is 12.3. The van der Waals surface area contributed by atoms with Gasteiger partial charge < -0.3 is 9.15 Å². The van der Waals surface area contributed by atoms with Crippen molar-refractivity contribution in [1.82, 2.24) is 25.6 Å². The second-order valence-electron chi connectivity index (χ2n) is 7.49. The molecule has 0 aliphatic heterocycles. The van der Waals surface area contributed by atoms with Gasteiger partial charge in [0.05, 0.1) is 0 Å². The maximum Gasteiger partial charge on any atom is 0.305 e. The van der Waals surface area contributed by atoms with Crippen LogP contribution in [0.1, 0.15) is 28.3 Å². The highest BCUT2D eigenvalue weighted by molar-refractivity contribution is 7.71. The molecule has 0 atom stereocenters. The number of carbonyl (C=O) groups is 2. The van der Waals surface area contributed by atoms with Gasteiger partial charge >= 0.3 is 5.91 Å². The lowest BCUT2D eigenvalue weighted by Crippen LogP contribution is -2.41. The lowest BCUT2D eigenvalue weighted by molar-refractivity contribution is -0.122. The van der Waals surface area contributed by atoms with Crippen molar-refractivity contribution in [2.24, 2.45) is 0 Å². The topological polar surface area (TPSA) is 114 Å². The van der Waals surface area contributed by atoms with Crippen LogP contribution in [0.2, 0.25) is 0 Å². The molecule has 9 nitrogen and oxygen atoms in total. The molecule has 0 fully saturated rings. The van der Waals surface area contributed by atoms with Crippen LogP contribution in [0.5, 0.6) is 5.75 Å². The van der Waals surface area contributed by atoms with Gasteiger partial charge in [-0.1, -0.05) is 48.0 Å². The van der Waals surface area contributed by atoms with E-state index in [1.54, 1.807) is 10.6 Å². The number of amides is 2. The molecule has 2 aromatic heterocycles. The minimum atomic E-state index is -0.570. The number of aromatic amines is 1. The fourth-order valence-electron chi connectivity index (χ4n) is 3.16. The molecule has 3 N–H and O–H groups in total. The standard InChI is InChI=1S/C24H23N5O4S/c1-16-7-9-17(10-8-16)22-26-28-24(34)29(22)14-13-21(30)25-27-23(31)20-12-11-19(33-20)15-32-18-5-3-2-4-6-18/h2-12H,13-15H2,1H3,(H,25,30)(H,27,31)(H,28,34). The summed E-state index contributed by atoms with van der Waals surface area (Å²) < 4.78 is 13.2. The average molecular weight is 478 g/mol. The first-order chi connectivity index (χ1) is 16.5. The number of rotatable bonds is 8. The summed E-state index contributed by atoms with van der Waals surface area (Å²) in [6.07, 6.45) is 0.0846. The van der Waals surface area contributed by atoms with Crippen molar-refractivity contribution in [2.45, 2.75) is 26.5 Å². The molecule has 0 aliphatic carbocycles. The van der Waals surface area contributed by atoms with E-state index in [9.17, 15) is 9.59 Å². The number of carbonyl (C=O) groups excluding carboxylic acids is 2. The third-order valence-corrected chi connectivity index (χ3v) is 5.27.